The van der Waals surface area contributed by atoms with Crippen molar-refractivity contribution in [2.75, 3.05) is 13.6 Å². The number of fused-ring (bicyclic) bond motifs is 1. The maximum absolute atomic E-state index is 12.6. The molecule has 1 aliphatic carbocycles. The molecule has 6 nitrogen and oxygen atoms in total. The van der Waals surface area contributed by atoms with Crippen LogP contribution in [0, 0.1) is 11.8 Å². The molecule has 6 heteroatoms. The standard InChI is InChI=1S/C19H30N4O2/c1-13(2)10-22(3)19(25)17-16-9-8-14(11-23(16)12-20-17)18(24)21-15-6-4-5-7-15/h12-15H,4-11H2,1-3H3,(H,21,24). The molecule has 1 saturated carbocycles. The number of amides is 2. The monoisotopic (exact) mass is 346 g/mol. The van der Waals surface area contributed by atoms with E-state index >= 15 is 0 Å². The molecule has 1 aromatic rings. The summed E-state index contributed by atoms with van der Waals surface area (Å²) in [6.07, 6.45) is 7.90. The quantitative estimate of drug-likeness (QED) is 0.889. The number of rotatable bonds is 5. The lowest BCUT2D eigenvalue weighted by atomic mass is 9.95. The largest absolute Gasteiger partial charge is 0.353 e. The van der Waals surface area contributed by atoms with Crippen LogP contribution in [0.3, 0.4) is 0 Å². The minimum atomic E-state index is -0.0173. The van der Waals surface area contributed by atoms with Crippen LogP contribution < -0.4 is 5.32 Å². The Hall–Kier alpha value is -1.85. The van der Waals surface area contributed by atoms with E-state index < -0.39 is 0 Å². The Morgan fingerprint density at radius 1 is 1.32 bits per heavy atom. The minimum absolute atomic E-state index is 0.0151. The van der Waals surface area contributed by atoms with Gasteiger partial charge in [0.15, 0.2) is 0 Å². The fraction of sp³-hybridized carbons (Fsp3) is 0.737. The molecule has 1 atom stereocenters. The highest BCUT2D eigenvalue weighted by molar-refractivity contribution is 5.93. The first-order valence-corrected chi connectivity index (χ1v) is 9.55. The van der Waals surface area contributed by atoms with E-state index in [0.29, 0.717) is 24.2 Å². The summed E-state index contributed by atoms with van der Waals surface area (Å²) in [5, 5.41) is 3.20. The Morgan fingerprint density at radius 2 is 2.04 bits per heavy atom. The Bertz CT molecular complexity index is 631. The van der Waals surface area contributed by atoms with Crippen molar-refractivity contribution in [3.63, 3.8) is 0 Å². The van der Waals surface area contributed by atoms with Crippen molar-refractivity contribution in [1.82, 2.24) is 19.8 Å². The molecular formula is C19H30N4O2. The van der Waals surface area contributed by atoms with Crippen molar-refractivity contribution >= 4 is 11.8 Å². The predicted molar refractivity (Wildman–Crippen MR) is 96.2 cm³/mol. The molecule has 0 bridgehead atoms. The topological polar surface area (TPSA) is 67.2 Å². The van der Waals surface area contributed by atoms with Gasteiger partial charge in [-0.3, -0.25) is 9.59 Å². The van der Waals surface area contributed by atoms with Gasteiger partial charge in [0.25, 0.3) is 5.91 Å². The van der Waals surface area contributed by atoms with E-state index in [1.807, 2.05) is 11.6 Å². The summed E-state index contributed by atoms with van der Waals surface area (Å²) in [5.41, 5.74) is 1.53. The smallest absolute Gasteiger partial charge is 0.274 e. The molecule has 3 rings (SSSR count). The van der Waals surface area contributed by atoms with E-state index in [1.54, 1.807) is 11.2 Å². The summed E-state index contributed by atoms with van der Waals surface area (Å²) in [6.45, 7) is 5.54. The van der Waals surface area contributed by atoms with Gasteiger partial charge in [-0.2, -0.15) is 0 Å². The SMILES string of the molecule is CC(C)CN(C)C(=O)c1ncn2c1CCC(C(=O)NC1CCCC1)C2. The lowest BCUT2D eigenvalue weighted by molar-refractivity contribution is -0.126. The van der Waals surface area contributed by atoms with Crippen molar-refractivity contribution in [2.45, 2.75) is 65.0 Å². The maximum Gasteiger partial charge on any atom is 0.274 e. The summed E-state index contributed by atoms with van der Waals surface area (Å²) in [5.74, 6) is 0.557. The van der Waals surface area contributed by atoms with Crippen molar-refractivity contribution < 1.29 is 9.59 Å². The first-order chi connectivity index (χ1) is 12.0. The third-order valence-electron chi connectivity index (χ3n) is 5.35. The van der Waals surface area contributed by atoms with Crippen LogP contribution in [0.1, 0.15) is 62.1 Å². The molecule has 1 N–H and O–H groups in total. The number of imidazole rings is 1. The summed E-state index contributed by atoms with van der Waals surface area (Å²) in [6, 6.07) is 0.360. The molecule has 1 fully saturated rings. The fourth-order valence-electron chi connectivity index (χ4n) is 4.06. The van der Waals surface area contributed by atoms with Crippen LogP contribution in [0.4, 0.5) is 0 Å². The number of aromatic nitrogens is 2. The zero-order chi connectivity index (χ0) is 18.0. The molecule has 1 aliphatic heterocycles. The summed E-state index contributed by atoms with van der Waals surface area (Å²) in [4.78, 5) is 31.2. The molecule has 138 valence electrons. The van der Waals surface area contributed by atoms with Gasteiger partial charge in [0.2, 0.25) is 5.91 Å². The summed E-state index contributed by atoms with van der Waals surface area (Å²) < 4.78 is 2.00. The first kappa shape index (κ1) is 18.0. The maximum atomic E-state index is 12.6. The highest BCUT2D eigenvalue weighted by Crippen LogP contribution is 2.25. The Labute approximate surface area is 150 Å². The van der Waals surface area contributed by atoms with E-state index in [2.05, 4.69) is 24.1 Å². The van der Waals surface area contributed by atoms with E-state index in [1.165, 1.54) is 12.8 Å². The van der Waals surface area contributed by atoms with Crippen LogP contribution in [0.15, 0.2) is 6.33 Å². The second kappa shape index (κ2) is 7.58. The number of nitrogens with zero attached hydrogens (tertiary/aromatic N) is 3. The van der Waals surface area contributed by atoms with Gasteiger partial charge >= 0.3 is 0 Å². The van der Waals surface area contributed by atoms with Gasteiger partial charge in [-0.1, -0.05) is 26.7 Å². The van der Waals surface area contributed by atoms with E-state index in [9.17, 15) is 9.59 Å². The van der Waals surface area contributed by atoms with Crippen LogP contribution in [-0.4, -0.2) is 45.9 Å². The predicted octanol–water partition coefficient (Wildman–Crippen LogP) is 2.23. The van der Waals surface area contributed by atoms with Gasteiger partial charge in [0.05, 0.1) is 17.9 Å². The van der Waals surface area contributed by atoms with Crippen molar-refractivity contribution in [1.29, 1.82) is 0 Å². The number of hydrogen-bond donors (Lipinski definition) is 1. The highest BCUT2D eigenvalue weighted by atomic mass is 16.2. The number of carbonyl (C=O) groups excluding carboxylic acids is 2. The summed E-state index contributed by atoms with van der Waals surface area (Å²) in [7, 11) is 1.83. The van der Waals surface area contributed by atoms with Crippen LogP contribution in [0.25, 0.3) is 0 Å². The second-order valence-corrected chi connectivity index (χ2v) is 8.00. The molecule has 0 spiro atoms. The van der Waals surface area contributed by atoms with E-state index in [-0.39, 0.29) is 17.7 Å². The zero-order valence-electron chi connectivity index (χ0n) is 15.6. The molecule has 2 amide bonds. The average Bonchev–Trinajstić information content (AvgIpc) is 3.22. The lowest BCUT2D eigenvalue weighted by Crippen LogP contribution is -2.40. The normalized spacial score (nSPS) is 20.6. The van der Waals surface area contributed by atoms with E-state index in [0.717, 1.165) is 37.9 Å². The first-order valence-electron chi connectivity index (χ1n) is 9.55. The fourth-order valence-corrected chi connectivity index (χ4v) is 4.06. The van der Waals surface area contributed by atoms with Gasteiger partial charge in [-0.05, 0) is 31.6 Å². The Kier molecular flexibility index (Phi) is 5.45. The van der Waals surface area contributed by atoms with Gasteiger partial charge in [0.1, 0.15) is 5.69 Å². The number of hydrogen-bond acceptors (Lipinski definition) is 3. The number of carbonyl (C=O) groups is 2. The zero-order valence-corrected chi connectivity index (χ0v) is 15.6. The van der Waals surface area contributed by atoms with Crippen LogP contribution in [0.2, 0.25) is 0 Å². The van der Waals surface area contributed by atoms with Crippen LogP contribution >= 0.6 is 0 Å². The van der Waals surface area contributed by atoms with Gasteiger partial charge in [0, 0.05) is 26.2 Å². The van der Waals surface area contributed by atoms with Gasteiger partial charge in [-0.15, -0.1) is 0 Å². The Balaban J connectivity index is 1.64. The second-order valence-electron chi connectivity index (χ2n) is 8.00. The number of nitrogens with one attached hydrogen (secondary N) is 1. The van der Waals surface area contributed by atoms with Gasteiger partial charge < -0.3 is 14.8 Å². The third kappa shape index (κ3) is 4.05. The highest BCUT2D eigenvalue weighted by Gasteiger charge is 2.30. The van der Waals surface area contributed by atoms with Crippen molar-refractivity contribution in [2.24, 2.45) is 11.8 Å². The molecule has 0 aromatic carbocycles. The molecular weight excluding hydrogens is 316 g/mol. The lowest BCUT2D eigenvalue weighted by Gasteiger charge is -2.26. The van der Waals surface area contributed by atoms with E-state index in [4.69, 9.17) is 0 Å². The van der Waals surface area contributed by atoms with Crippen LogP contribution in [0.5, 0.6) is 0 Å². The average molecular weight is 346 g/mol. The molecule has 2 heterocycles. The van der Waals surface area contributed by atoms with Crippen molar-refractivity contribution in [3.8, 4) is 0 Å². The third-order valence-corrected chi connectivity index (χ3v) is 5.35. The molecule has 1 aromatic heterocycles. The summed E-state index contributed by atoms with van der Waals surface area (Å²) >= 11 is 0. The molecule has 25 heavy (non-hydrogen) atoms. The molecule has 0 radical (unpaired) electrons. The molecule has 1 unspecified atom stereocenters. The molecule has 2 aliphatic rings. The molecule has 0 saturated heterocycles. The van der Waals surface area contributed by atoms with Crippen molar-refractivity contribution in [3.05, 3.63) is 17.7 Å². The van der Waals surface area contributed by atoms with Gasteiger partial charge in [-0.25, -0.2) is 4.98 Å². The Morgan fingerprint density at radius 3 is 2.72 bits per heavy atom. The minimum Gasteiger partial charge on any atom is -0.353 e. The van der Waals surface area contributed by atoms with Crippen LogP contribution in [-0.2, 0) is 17.8 Å².